The van der Waals surface area contributed by atoms with E-state index in [1.165, 1.54) is 6.26 Å². The summed E-state index contributed by atoms with van der Waals surface area (Å²) in [6, 6.07) is 3.43. The molecule has 2 aliphatic heterocycles. The zero-order chi connectivity index (χ0) is 23.1. The molecular weight excluding hydrogens is 537 g/mol. The van der Waals surface area contributed by atoms with Crippen molar-refractivity contribution in [2.24, 2.45) is 10.9 Å². The summed E-state index contributed by atoms with van der Waals surface area (Å²) in [6.45, 7) is 13.2. The maximum absolute atomic E-state index is 12.5. The molecule has 1 N–H and O–H groups in total. The Hall–Kier alpha value is -1.98. The van der Waals surface area contributed by atoms with Gasteiger partial charge >= 0.3 is 6.09 Å². The number of nitrogens with one attached hydrogen (secondary N) is 1. The van der Waals surface area contributed by atoms with E-state index in [9.17, 15) is 9.59 Å². The van der Waals surface area contributed by atoms with Crippen molar-refractivity contribution in [3.05, 3.63) is 24.2 Å². The number of furan rings is 1. The third-order valence-electron chi connectivity index (χ3n) is 5.60. The van der Waals surface area contributed by atoms with Crippen molar-refractivity contribution in [1.82, 2.24) is 20.0 Å². The molecule has 1 aromatic heterocycles. The highest BCUT2D eigenvalue weighted by Crippen LogP contribution is 2.20. The number of aliphatic imine (C=N–C) groups is 1. The molecule has 2 fully saturated rings. The third-order valence-corrected chi connectivity index (χ3v) is 5.60. The van der Waals surface area contributed by atoms with Crippen LogP contribution in [0.4, 0.5) is 4.79 Å². The molecule has 0 saturated carbocycles. The molecule has 0 bridgehead atoms. The number of ether oxygens (including phenoxy) is 1. The second kappa shape index (κ2) is 12.5. The SMILES string of the molecule is CCNC(=NCC1CCCN(C(=O)OC(C)(C)C)C1)N1CCN(C(=O)c2ccco2)CC1.I. The summed E-state index contributed by atoms with van der Waals surface area (Å²) in [5.74, 6) is 1.49. The number of halogens is 1. The van der Waals surface area contributed by atoms with Crippen LogP contribution >= 0.6 is 24.0 Å². The number of piperazine rings is 1. The van der Waals surface area contributed by atoms with E-state index in [4.69, 9.17) is 14.1 Å². The molecule has 2 amide bonds. The van der Waals surface area contributed by atoms with E-state index in [1.807, 2.05) is 25.7 Å². The summed E-state index contributed by atoms with van der Waals surface area (Å²) in [5.41, 5.74) is -0.485. The Morgan fingerprint density at radius 3 is 2.45 bits per heavy atom. The number of nitrogens with zero attached hydrogens (tertiary/aromatic N) is 4. The maximum atomic E-state index is 12.5. The van der Waals surface area contributed by atoms with Crippen LogP contribution in [0.3, 0.4) is 0 Å². The fraction of sp³-hybridized carbons (Fsp3) is 0.696. The fourth-order valence-electron chi connectivity index (χ4n) is 4.03. The van der Waals surface area contributed by atoms with Crippen LogP contribution in [0, 0.1) is 5.92 Å². The predicted octanol–water partition coefficient (Wildman–Crippen LogP) is 3.27. The van der Waals surface area contributed by atoms with Crippen molar-refractivity contribution in [3.63, 3.8) is 0 Å². The summed E-state index contributed by atoms with van der Waals surface area (Å²) in [4.78, 5) is 35.6. The molecule has 1 aromatic rings. The Labute approximate surface area is 213 Å². The van der Waals surface area contributed by atoms with Gasteiger partial charge in [-0.05, 0) is 58.6 Å². The lowest BCUT2D eigenvalue weighted by atomic mass is 9.98. The van der Waals surface area contributed by atoms with Crippen LogP contribution in [0.5, 0.6) is 0 Å². The van der Waals surface area contributed by atoms with Crippen molar-refractivity contribution >= 4 is 41.9 Å². The lowest BCUT2D eigenvalue weighted by molar-refractivity contribution is 0.0170. The van der Waals surface area contributed by atoms with Crippen LogP contribution in [0.1, 0.15) is 51.1 Å². The van der Waals surface area contributed by atoms with E-state index >= 15 is 0 Å². The van der Waals surface area contributed by atoms with Gasteiger partial charge in [-0.25, -0.2) is 4.79 Å². The van der Waals surface area contributed by atoms with Gasteiger partial charge in [0.15, 0.2) is 11.7 Å². The minimum atomic E-state index is -0.485. The van der Waals surface area contributed by atoms with Gasteiger partial charge < -0.3 is 29.2 Å². The molecule has 1 atom stereocenters. The van der Waals surface area contributed by atoms with Gasteiger partial charge in [0.25, 0.3) is 5.91 Å². The number of guanidine groups is 1. The van der Waals surface area contributed by atoms with Crippen LogP contribution in [0.2, 0.25) is 0 Å². The molecule has 33 heavy (non-hydrogen) atoms. The molecule has 2 aliphatic rings. The van der Waals surface area contributed by atoms with E-state index in [-0.39, 0.29) is 36.0 Å². The Morgan fingerprint density at radius 2 is 1.85 bits per heavy atom. The van der Waals surface area contributed by atoms with Crippen LogP contribution in [-0.2, 0) is 4.74 Å². The summed E-state index contributed by atoms with van der Waals surface area (Å²) in [5, 5.41) is 3.38. The lowest BCUT2D eigenvalue weighted by Crippen LogP contribution is -2.54. The number of rotatable bonds is 4. The molecule has 3 rings (SSSR count). The highest BCUT2D eigenvalue weighted by Gasteiger charge is 2.28. The number of carbonyl (C=O) groups is 2. The quantitative estimate of drug-likeness (QED) is 0.337. The highest BCUT2D eigenvalue weighted by atomic mass is 127. The Morgan fingerprint density at radius 1 is 1.15 bits per heavy atom. The smallest absolute Gasteiger partial charge is 0.410 e. The molecule has 2 saturated heterocycles. The van der Waals surface area contributed by atoms with Gasteiger partial charge in [-0.3, -0.25) is 9.79 Å². The Bertz CT molecular complexity index is 785. The van der Waals surface area contributed by atoms with Gasteiger partial charge in [-0.15, -0.1) is 24.0 Å². The minimum Gasteiger partial charge on any atom is -0.459 e. The Kier molecular flexibility index (Phi) is 10.3. The largest absolute Gasteiger partial charge is 0.459 e. The monoisotopic (exact) mass is 575 g/mol. The number of carbonyl (C=O) groups excluding carboxylic acids is 2. The van der Waals surface area contributed by atoms with E-state index in [1.54, 1.807) is 17.0 Å². The van der Waals surface area contributed by atoms with E-state index in [0.29, 0.717) is 50.9 Å². The number of piperidine rings is 1. The number of likely N-dealkylation sites (tertiary alicyclic amines) is 1. The summed E-state index contributed by atoms with van der Waals surface area (Å²) >= 11 is 0. The van der Waals surface area contributed by atoms with Crippen LogP contribution in [0.25, 0.3) is 0 Å². The average molecular weight is 575 g/mol. The van der Waals surface area contributed by atoms with Crippen LogP contribution in [0.15, 0.2) is 27.8 Å². The number of amides is 2. The first-order valence-electron chi connectivity index (χ1n) is 11.6. The molecule has 3 heterocycles. The fourth-order valence-corrected chi connectivity index (χ4v) is 4.03. The van der Waals surface area contributed by atoms with Gasteiger partial charge in [0.2, 0.25) is 0 Å². The maximum Gasteiger partial charge on any atom is 0.410 e. The average Bonchev–Trinajstić information content (AvgIpc) is 3.30. The highest BCUT2D eigenvalue weighted by molar-refractivity contribution is 14.0. The molecule has 0 radical (unpaired) electrons. The summed E-state index contributed by atoms with van der Waals surface area (Å²) in [7, 11) is 0. The minimum absolute atomic E-state index is 0. The second-order valence-electron chi connectivity index (χ2n) is 9.39. The zero-order valence-electron chi connectivity index (χ0n) is 20.2. The van der Waals surface area contributed by atoms with E-state index in [0.717, 1.165) is 31.9 Å². The van der Waals surface area contributed by atoms with Crippen molar-refractivity contribution < 1.29 is 18.7 Å². The number of hydrogen-bond acceptors (Lipinski definition) is 5. The van der Waals surface area contributed by atoms with Gasteiger partial charge in [0.1, 0.15) is 5.60 Å². The van der Waals surface area contributed by atoms with Crippen molar-refractivity contribution in [2.75, 3.05) is 52.4 Å². The van der Waals surface area contributed by atoms with E-state index < -0.39 is 5.60 Å². The van der Waals surface area contributed by atoms with Gasteiger partial charge in [-0.1, -0.05) is 0 Å². The molecule has 0 aromatic carbocycles. The third kappa shape index (κ3) is 8.08. The van der Waals surface area contributed by atoms with Crippen molar-refractivity contribution in [3.8, 4) is 0 Å². The van der Waals surface area contributed by atoms with Crippen molar-refractivity contribution in [2.45, 2.75) is 46.1 Å². The molecular formula is C23H38IN5O4. The molecule has 1 unspecified atom stereocenters. The van der Waals surface area contributed by atoms with Gasteiger partial charge in [0, 0.05) is 52.4 Å². The van der Waals surface area contributed by atoms with Crippen LogP contribution < -0.4 is 5.32 Å². The van der Waals surface area contributed by atoms with Gasteiger partial charge in [0.05, 0.1) is 6.26 Å². The second-order valence-corrected chi connectivity index (χ2v) is 9.39. The van der Waals surface area contributed by atoms with Gasteiger partial charge in [-0.2, -0.15) is 0 Å². The summed E-state index contributed by atoms with van der Waals surface area (Å²) < 4.78 is 10.8. The standard InChI is InChI=1S/C23H37N5O4.HI/c1-5-24-21(27-13-11-26(12-14-27)20(29)19-9-7-15-31-19)25-16-18-8-6-10-28(17-18)22(30)32-23(2,3)4;/h7,9,15,18H,5-6,8,10-14,16-17H2,1-4H3,(H,24,25);1H. The number of hydrogen-bond donors (Lipinski definition) is 1. The molecule has 9 nitrogen and oxygen atoms in total. The Balaban J connectivity index is 0.00000385. The van der Waals surface area contributed by atoms with Crippen LogP contribution in [-0.4, -0.2) is 90.6 Å². The first kappa shape index (κ1) is 27.3. The summed E-state index contributed by atoms with van der Waals surface area (Å²) in [6.07, 6.45) is 3.29. The molecule has 0 aliphatic carbocycles. The first-order chi connectivity index (χ1) is 15.3. The molecule has 186 valence electrons. The molecule has 10 heteroatoms. The first-order valence-corrected chi connectivity index (χ1v) is 11.6. The van der Waals surface area contributed by atoms with E-state index in [2.05, 4.69) is 17.1 Å². The normalized spacial score (nSPS) is 19.7. The topological polar surface area (TPSA) is 90.6 Å². The lowest BCUT2D eigenvalue weighted by Gasteiger charge is -2.37. The molecule has 0 spiro atoms. The zero-order valence-corrected chi connectivity index (χ0v) is 22.5. The predicted molar refractivity (Wildman–Crippen MR) is 138 cm³/mol. The van der Waals surface area contributed by atoms with Crippen molar-refractivity contribution in [1.29, 1.82) is 0 Å².